The lowest BCUT2D eigenvalue weighted by Gasteiger charge is -2.34. The Labute approximate surface area is 113 Å². The summed E-state index contributed by atoms with van der Waals surface area (Å²) < 4.78 is 0. The van der Waals surface area contributed by atoms with Crippen LogP contribution in [0.4, 0.5) is 0 Å². The van der Waals surface area contributed by atoms with E-state index in [0.717, 1.165) is 12.8 Å². The standard InChI is InChI=1S/C13H23N3O3/c1-8(2)11(15-9(3)17)13(19)16-6-4-5-10(7-16)12(14)18/h8,10-11H,4-7H2,1-3H3,(H2,14,18)(H,15,17). The number of piperidine rings is 1. The second-order valence-electron chi connectivity index (χ2n) is 5.45. The fourth-order valence-corrected chi connectivity index (χ4v) is 2.34. The molecule has 0 aromatic carbocycles. The van der Waals surface area contributed by atoms with Gasteiger partial charge in [-0.05, 0) is 18.8 Å². The summed E-state index contributed by atoms with van der Waals surface area (Å²) in [4.78, 5) is 36.4. The van der Waals surface area contributed by atoms with Gasteiger partial charge in [-0.1, -0.05) is 13.8 Å². The Morgan fingerprint density at radius 1 is 1.32 bits per heavy atom. The Morgan fingerprint density at radius 3 is 2.42 bits per heavy atom. The second-order valence-corrected chi connectivity index (χ2v) is 5.45. The summed E-state index contributed by atoms with van der Waals surface area (Å²) in [5.41, 5.74) is 5.30. The van der Waals surface area contributed by atoms with Gasteiger partial charge >= 0.3 is 0 Å². The van der Waals surface area contributed by atoms with Crippen LogP contribution < -0.4 is 11.1 Å². The van der Waals surface area contributed by atoms with Crippen molar-refractivity contribution in [3.05, 3.63) is 0 Å². The number of primary amides is 1. The van der Waals surface area contributed by atoms with E-state index in [0.29, 0.717) is 13.1 Å². The number of carbonyl (C=O) groups excluding carboxylic acids is 3. The van der Waals surface area contributed by atoms with Crippen LogP contribution in [-0.2, 0) is 14.4 Å². The number of amides is 3. The normalized spacial score (nSPS) is 21.1. The monoisotopic (exact) mass is 269 g/mol. The van der Waals surface area contributed by atoms with Gasteiger partial charge < -0.3 is 16.0 Å². The van der Waals surface area contributed by atoms with E-state index >= 15 is 0 Å². The molecule has 0 aromatic rings. The van der Waals surface area contributed by atoms with E-state index in [1.165, 1.54) is 6.92 Å². The van der Waals surface area contributed by atoms with Gasteiger partial charge in [-0.15, -0.1) is 0 Å². The highest BCUT2D eigenvalue weighted by atomic mass is 16.2. The Morgan fingerprint density at radius 2 is 1.95 bits per heavy atom. The molecule has 108 valence electrons. The first-order chi connectivity index (χ1) is 8.82. The average Bonchev–Trinajstić information content (AvgIpc) is 2.34. The van der Waals surface area contributed by atoms with Gasteiger partial charge in [0.25, 0.3) is 0 Å². The molecule has 2 unspecified atom stereocenters. The second kappa shape index (κ2) is 6.54. The van der Waals surface area contributed by atoms with E-state index < -0.39 is 6.04 Å². The minimum Gasteiger partial charge on any atom is -0.369 e. The predicted octanol–water partition coefficient (Wildman–Crippen LogP) is -0.129. The number of hydrogen-bond donors (Lipinski definition) is 2. The Hall–Kier alpha value is -1.59. The molecule has 0 bridgehead atoms. The number of hydrogen-bond acceptors (Lipinski definition) is 3. The molecular weight excluding hydrogens is 246 g/mol. The van der Waals surface area contributed by atoms with E-state index in [4.69, 9.17) is 5.73 Å². The Bertz CT molecular complexity index is 368. The largest absolute Gasteiger partial charge is 0.369 e. The number of nitrogens with one attached hydrogen (secondary N) is 1. The first kappa shape index (κ1) is 15.5. The maximum Gasteiger partial charge on any atom is 0.245 e. The van der Waals surface area contributed by atoms with Crippen LogP contribution in [0.2, 0.25) is 0 Å². The van der Waals surface area contributed by atoms with E-state index in [2.05, 4.69) is 5.32 Å². The molecule has 1 rings (SSSR count). The van der Waals surface area contributed by atoms with E-state index in [1.54, 1.807) is 4.90 Å². The van der Waals surface area contributed by atoms with Crippen LogP contribution in [0.5, 0.6) is 0 Å². The molecule has 6 nitrogen and oxygen atoms in total. The smallest absolute Gasteiger partial charge is 0.245 e. The van der Waals surface area contributed by atoms with E-state index in [9.17, 15) is 14.4 Å². The summed E-state index contributed by atoms with van der Waals surface area (Å²) in [6, 6.07) is -0.538. The van der Waals surface area contributed by atoms with Crippen LogP contribution >= 0.6 is 0 Å². The molecule has 6 heteroatoms. The Kier molecular flexibility index (Phi) is 5.32. The topological polar surface area (TPSA) is 92.5 Å². The molecule has 0 aromatic heterocycles. The van der Waals surface area contributed by atoms with E-state index in [1.807, 2.05) is 13.8 Å². The van der Waals surface area contributed by atoms with Crippen LogP contribution in [0.25, 0.3) is 0 Å². The Balaban J connectivity index is 2.73. The van der Waals surface area contributed by atoms with Gasteiger partial charge in [0.15, 0.2) is 0 Å². The van der Waals surface area contributed by atoms with Crippen LogP contribution in [0, 0.1) is 11.8 Å². The predicted molar refractivity (Wildman–Crippen MR) is 70.9 cm³/mol. The third-order valence-corrected chi connectivity index (χ3v) is 3.43. The van der Waals surface area contributed by atoms with Crippen molar-refractivity contribution in [2.24, 2.45) is 17.6 Å². The summed E-state index contributed by atoms with van der Waals surface area (Å²) in [6.45, 7) is 6.13. The van der Waals surface area contributed by atoms with Crippen molar-refractivity contribution < 1.29 is 14.4 Å². The highest BCUT2D eigenvalue weighted by Crippen LogP contribution is 2.18. The molecule has 0 spiro atoms. The van der Waals surface area contributed by atoms with Gasteiger partial charge in [0.1, 0.15) is 6.04 Å². The summed E-state index contributed by atoms with van der Waals surface area (Å²) in [6.07, 6.45) is 1.50. The maximum atomic E-state index is 12.4. The third-order valence-electron chi connectivity index (χ3n) is 3.43. The molecule has 1 aliphatic heterocycles. The quantitative estimate of drug-likeness (QED) is 0.744. The molecule has 3 N–H and O–H groups in total. The molecule has 3 amide bonds. The average molecular weight is 269 g/mol. The van der Waals surface area contributed by atoms with Gasteiger partial charge in [0.05, 0.1) is 5.92 Å². The fraction of sp³-hybridized carbons (Fsp3) is 0.769. The zero-order valence-corrected chi connectivity index (χ0v) is 11.8. The molecule has 0 radical (unpaired) electrons. The highest BCUT2D eigenvalue weighted by molar-refractivity contribution is 5.87. The number of nitrogens with zero attached hydrogens (tertiary/aromatic N) is 1. The van der Waals surface area contributed by atoms with Crippen molar-refractivity contribution in [3.8, 4) is 0 Å². The van der Waals surface area contributed by atoms with Gasteiger partial charge in [0, 0.05) is 20.0 Å². The lowest BCUT2D eigenvalue weighted by Crippen LogP contribution is -2.54. The summed E-state index contributed by atoms with van der Waals surface area (Å²) in [7, 11) is 0. The van der Waals surface area contributed by atoms with Crippen LogP contribution in [0.1, 0.15) is 33.6 Å². The lowest BCUT2D eigenvalue weighted by atomic mass is 9.95. The van der Waals surface area contributed by atoms with Gasteiger partial charge in [-0.25, -0.2) is 0 Å². The minimum absolute atomic E-state index is 0.00496. The van der Waals surface area contributed by atoms with Crippen LogP contribution in [0.15, 0.2) is 0 Å². The lowest BCUT2D eigenvalue weighted by molar-refractivity contribution is -0.140. The first-order valence-electron chi connectivity index (χ1n) is 6.68. The van der Waals surface area contributed by atoms with Crippen molar-refractivity contribution in [1.29, 1.82) is 0 Å². The summed E-state index contributed by atoms with van der Waals surface area (Å²) in [5, 5.41) is 2.67. The van der Waals surface area contributed by atoms with Crippen molar-refractivity contribution in [2.45, 2.75) is 39.7 Å². The first-order valence-corrected chi connectivity index (χ1v) is 6.68. The van der Waals surface area contributed by atoms with Gasteiger partial charge in [-0.2, -0.15) is 0 Å². The number of likely N-dealkylation sites (tertiary alicyclic amines) is 1. The highest BCUT2D eigenvalue weighted by Gasteiger charge is 2.32. The van der Waals surface area contributed by atoms with Crippen molar-refractivity contribution >= 4 is 17.7 Å². The number of rotatable bonds is 4. The maximum absolute atomic E-state index is 12.4. The zero-order chi connectivity index (χ0) is 14.6. The molecular formula is C13H23N3O3. The SMILES string of the molecule is CC(=O)NC(C(=O)N1CCCC(C(N)=O)C1)C(C)C. The fourth-order valence-electron chi connectivity index (χ4n) is 2.34. The molecule has 0 aliphatic carbocycles. The molecule has 1 heterocycles. The summed E-state index contributed by atoms with van der Waals surface area (Å²) in [5.74, 6) is -0.988. The molecule has 1 saturated heterocycles. The third kappa shape index (κ3) is 4.22. The van der Waals surface area contributed by atoms with Crippen molar-refractivity contribution in [1.82, 2.24) is 10.2 Å². The molecule has 2 atom stereocenters. The summed E-state index contributed by atoms with van der Waals surface area (Å²) >= 11 is 0. The van der Waals surface area contributed by atoms with Crippen molar-refractivity contribution in [2.75, 3.05) is 13.1 Å². The molecule has 19 heavy (non-hydrogen) atoms. The molecule has 1 fully saturated rings. The van der Waals surface area contributed by atoms with Crippen molar-refractivity contribution in [3.63, 3.8) is 0 Å². The number of nitrogens with two attached hydrogens (primary N) is 1. The molecule has 1 aliphatic rings. The molecule has 0 saturated carbocycles. The zero-order valence-electron chi connectivity index (χ0n) is 11.8. The van der Waals surface area contributed by atoms with E-state index in [-0.39, 0.29) is 29.6 Å². The van der Waals surface area contributed by atoms with Gasteiger partial charge in [-0.3, -0.25) is 14.4 Å². The minimum atomic E-state index is -0.538. The number of carbonyl (C=O) groups is 3. The van der Waals surface area contributed by atoms with Gasteiger partial charge in [0.2, 0.25) is 17.7 Å². The van der Waals surface area contributed by atoms with Crippen LogP contribution in [-0.4, -0.2) is 41.8 Å². The van der Waals surface area contributed by atoms with Crippen LogP contribution in [0.3, 0.4) is 0 Å².